The van der Waals surface area contributed by atoms with E-state index in [1.165, 1.54) is 30.6 Å². The smallest absolute Gasteiger partial charge is 0.305 e. The third-order valence-corrected chi connectivity index (χ3v) is 4.14. The van der Waals surface area contributed by atoms with Crippen molar-refractivity contribution in [3.63, 3.8) is 0 Å². The molecule has 0 saturated heterocycles. The van der Waals surface area contributed by atoms with Gasteiger partial charge in [-0.25, -0.2) is 4.39 Å². The summed E-state index contributed by atoms with van der Waals surface area (Å²) in [6, 6.07) is 5.78. The third kappa shape index (κ3) is 6.04. The molecule has 0 aliphatic heterocycles. The van der Waals surface area contributed by atoms with E-state index < -0.39 is 0 Å². The highest BCUT2D eigenvalue weighted by Gasteiger charge is 2.09. The first-order chi connectivity index (χ1) is 11.6. The van der Waals surface area contributed by atoms with Gasteiger partial charge < -0.3 is 10.1 Å². The zero-order valence-corrected chi connectivity index (χ0v) is 14.1. The van der Waals surface area contributed by atoms with Crippen molar-refractivity contribution < 1.29 is 18.7 Å². The molecular formula is C16H18FN3O3S. The highest BCUT2D eigenvalue weighted by molar-refractivity contribution is 7.15. The SMILES string of the molecule is COC(=O)CCCCc1nnc(NC(=O)Cc2ccc(F)cc2)s1. The van der Waals surface area contributed by atoms with Crippen molar-refractivity contribution >= 4 is 28.3 Å². The van der Waals surface area contributed by atoms with Gasteiger partial charge >= 0.3 is 5.97 Å². The lowest BCUT2D eigenvalue weighted by atomic mass is 10.1. The number of anilines is 1. The van der Waals surface area contributed by atoms with Crippen LogP contribution >= 0.6 is 11.3 Å². The number of nitrogens with one attached hydrogen (secondary N) is 1. The summed E-state index contributed by atoms with van der Waals surface area (Å²) in [5.41, 5.74) is 0.724. The number of aryl methyl sites for hydroxylation is 1. The van der Waals surface area contributed by atoms with Gasteiger partial charge in [0.15, 0.2) is 0 Å². The minimum atomic E-state index is -0.333. The molecule has 128 valence electrons. The van der Waals surface area contributed by atoms with Crippen LogP contribution in [-0.4, -0.2) is 29.2 Å². The van der Waals surface area contributed by atoms with Gasteiger partial charge in [0.2, 0.25) is 11.0 Å². The Hall–Kier alpha value is -2.35. The van der Waals surface area contributed by atoms with Gasteiger partial charge in [-0.15, -0.1) is 10.2 Å². The second kappa shape index (κ2) is 9.07. The maximum atomic E-state index is 12.8. The molecule has 0 bridgehead atoms. The molecule has 2 rings (SSSR count). The van der Waals surface area contributed by atoms with Crippen LogP contribution in [0.1, 0.15) is 29.8 Å². The van der Waals surface area contributed by atoms with E-state index in [9.17, 15) is 14.0 Å². The summed E-state index contributed by atoms with van der Waals surface area (Å²) in [6.07, 6.45) is 2.75. The molecule has 2 aromatic rings. The normalized spacial score (nSPS) is 10.4. The molecule has 0 aliphatic carbocycles. The topological polar surface area (TPSA) is 81.2 Å². The summed E-state index contributed by atoms with van der Waals surface area (Å²) in [7, 11) is 1.37. The molecule has 6 nitrogen and oxygen atoms in total. The molecule has 0 spiro atoms. The van der Waals surface area contributed by atoms with Crippen molar-refractivity contribution in [1.29, 1.82) is 0 Å². The van der Waals surface area contributed by atoms with Crippen LogP contribution in [0.3, 0.4) is 0 Å². The number of esters is 1. The standard InChI is InChI=1S/C16H18FN3O3S/c1-23-15(22)5-3-2-4-14-19-20-16(24-14)18-13(21)10-11-6-8-12(17)9-7-11/h6-9H,2-5,10H2,1H3,(H,18,20,21). The molecule has 24 heavy (non-hydrogen) atoms. The van der Waals surface area contributed by atoms with Gasteiger partial charge in [0.05, 0.1) is 13.5 Å². The average Bonchev–Trinajstić information content (AvgIpc) is 3.00. The largest absolute Gasteiger partial charge is 0.469 e. The molecular weight excluding hydrogens is 333 g/mol. The zero-order chi connectivity index (χ0) is 17.4. The van der Waals surface area contributed by atoms with Crippen molar-refractivity contribution in [2.24, 2.45) is 0 Å². The predicted molar refractivity (Wildman–Crippen MR) is 88.2 cm³/mol. The van der Waals surface area contributed by atoms with E-state index in [-0.39, 0.29) is 24.1 Å². The van der Waals surface area contributed by atoms with Crippen molar-refractivity contribution in [2.75, 3.05) is 12.4 Å². The molecule has 0 fully saturated rings. The van der Waals surface area contributed by atoms with E-state index in [4.69, 9.17) is 0 Å². The molecule has 0 radical (unpaired) electrons. The molecule has 1 aromatic carbocycles. The van der Waals surface area contributed by atoms with Crippen LogP contribution in [0.2, 0.25) is 0 Å². The van der Waals surface area contributed by atoms with Gasteiger partial charge in [0.25, 0.3) is 0 Å². The first kappa shape index (κ1) is 18.0. The van der Waals surface area contributed by atoms with Crippen LogP contribution in [0.4, 0.5) is 9.52 Å². The van der Waals surface area contributed by atoms with E-state index in [0.29, 0.717) is 18.0 Å². The minimum absolute atomic E-state index is 0.147. The fraction of sp³-hybridized carbons (Fsp3) is 0.375. The molecule has 1 heterocycles. The summed E-state index contributed by atoms with van der Waals surface area (Å²) < 4.78 is 17.4. The number of hydrogen-bond donors (Lipinski definition) is 1. The Balaban J connectivity index is 1.75. The second-order valence-electron chi connectivity index (χ2n) is 5.14. The van der Waals surface area contributed by atoms with E-state index in [1.807, 2.05) is 0 Å². The lowest BCUT2D eigenvalue weighted by molar-refractivity contribution is -0.140. The number of rotatable bonds is 8. The maximum absolute atomic E-state index is 12.8. The number of halogens is 1. The van der Waals surface area contributed by atoms with Gasteiger partial charge in [-0.3, -0.25) is 9.59 Å². The Morgan fingerprint density at radius 2 is 1.96 bits per heavy atom. The van der Waals surface area contributed by atoms with Crippen molar-refractivity contribution in [3.8, 4) is 0 Å². The first-order valence-corrected chi connectivity index (χ1v) is 8.32. The number of amides is 1. The zero-order valence-electron chi connectivity index (χ0n) is 13.3. The van der Waals surface area contributed by atoms with E-state index in [2.05, 4.69) is 20.3 Å². The summed E-state index contributed by atoms with van der Waals surface area (Å²) in [4.78, 5) is 22.9. The van der Waals surface area contributed by atoms with Gasteiger partial charge in [-0.1, -0.05) is 23.5 Å². The van der Waals surface area contributed by atoms with Crippen LogP contribution in [0.25, 0.3) is 0 Å². The van der Waals surface area contributed by atoms with Crippen molar-refractivity contribution in [2.45, 2.75) is 32.1 Å². The molecule has 0 aliphatic rings. The molecule has 0 saturated carbocycles. The number of aromatic nitrogens is 2. The molecule has 1 aromatic heterocycles. The summed E-state index contributed by atoms with van der Waals surface area (Å²) in [5, 5.41) is 11.9. The fourth-order valence-electron chi connectivity index (χ4n) is 2.00. The lowest BCUT2D eigenvalue weighted by Crippen LogP contribution is -2.14. The Bertz CT molecular complexity index is 688. The number of ether oxygens (including phenoxy) is 1. The number of carbonyl (C=O) groups excluding carboxylic acids is 2. The fourth-order valence-corrected chi connectivity index (χ4v) is 2.80. The van der Waals surface area contributed by atoms with Crippen LogP contribution in [0.5, 0.6) is 0 Å². The van der Waals surface area contributed by atoms with Crippen LogP contribution in [0.15, 0.2) is 24.3 Å². The molecule has 0 atom stereocenters. The molecule has 1 amide bonds. The molecule has 0 unspecified atom stereocenters. The number of hydrogen-bond acceptors (Lipinski definition) is 6. The molecule has 8 heteroatoms. The monoisotopic (exact) mass is 351 g/mol. The lowest BCUT2D eigenvalue weighted by Gasteiger charge is -2.01. The van der Waals surface area contributed by atoms with Gasteiger partial charge in [0.1, 0.15) is 10.8 Å². The van der Waals surface area contributed by atoms with Gasteiger partial charge in [-0.05, 0) is 30.5 Å². The minimum Gasteiger partial charge on any atom is -0.469 e. The quantitative estimate of drug-likeness (QED) is 0.584. The van der Waals surface area contributed by atoms with Crippen LogP contribution < -0.4 is 5.32 Å². The molecule has 1 N–H and O–H groups in total. The Labute approximate surface area is 143 Å². The highest BCUT2D eigenvalue weighted by atomic mass is 32.1. The van der Waals surface area contributed by atoms with Crippen LogP contribution in [0, 0.1) is 5.82 Å². The maximum Gasteiger partial charge on any atom is 0.305 e. The average molecular weight is 351 g/mol. The third-order valence-electron chi connectivity index (χ3n) is 3.24. The number of unbranched alkanes of at least 4 members (excludes halogenated alkanes) is 1. The number of nitrogens with zero attached hydrogens (tertiary/aromatic N) is 2. The number of carbonyl (C=O) groups is 2. The van der Waals surface area contributed by atoms with Crippen molar-refractivity contribution in [1.82, 2.24) is 10.2 Å². The summed E-state index contributed by atoms with van der Waals surface area (Å²) >= 11 is 1.31. The van der Waals surface area contributed by atoms with Gasteiger partial charge in [0, 0.05) is 12.8 Å². The number of methoxy groups -OCH3 is 1. The number of benzene rings is 1. The first-order valence-electron chi connectivity index (χ1n) is 7.50. The Morgan fingerprint density at radius 3 is 2.67 bits per heavy atom. The van der Waals surface area contributed by atoms with E-state index in [0.717, 1.165) is 23.4 Å². The van der Waals surface area contributed by atoms with Gasteiger partial charge in [-0.2, -0.15) is 0 Å². The summed E-state index contributed by atoms with van der Waals surface area (Å²) in [5.74, 6) is -0.781. The summed E-state index contributed by atoms with van der Waals surface area (Å²) in [6.45, 7) is 0. The highest BCUT2D eigenvalue weighted by Crippen LogP contribution is 2.18. The Kier molecular flexibility index (Phi) is 6.80. The van der Waals surface area contributed by atoms with Crippen molar-refractivity contribution in [3.05, 3.63) is 40.7 Å². The van der Waals surface area contributed by atoms with E-state index >= 15 is 0 Å². The Morgan fingerprint density at radius 1 is 1.21 bits per heavy atom. The van der Waals surface area contributed by atoms with E-state index in [1.54, 1.807) is 12.1 Å². The predicted octanol–water partition coefficient (Wildman–Crippen LogP) is 2.74. The van der Waals surface area contributed by atoms with Crippen LogP contribution in [-0.2, 0) is 27.2 Å². The second-order valence-corrected chi connectivity index (χ2v) is 6.20.